The average molecular weight is 300 g/mol. The molecular weight excluding hydrogens is 268 g/mol. The van der Waals surface area contributed by atoms with E-state index in [-0.39, 0.29) is 11.8 Å². The molecule has 0 fully saturated rings. The minimum atomic E-state index is -1.27. The third kappa shape index (κ3) is 7.49. The maximum Gasteiger partial charge on any atom is 0.317 e. The topological polar surface area (TPSA) is 74.6 Å². The summed E-state index contributed by atoms with van der Waals surface area (Å²) in [7, 11) is 0. The van der Waals surface area contributed by atoms with Crippen molar-refractivity contribution in [2.75, 3.05) is 0 Å². The lowest BCUT2D eigenvalue weighted by Crippen LogP contribution is -2.32. The molecule has 0 bridgehead atoms. The predicted octanol–water partition coefficient (Wildman–Crippen LogP) is 4.72. The van der Waals surface area contributed by atoms with Crippen LogP contribution in [0.4, 0.5) is 0 Å². The first-order valence-corrected chi connectivity index (χ1v) is 8.38. The fraction of sp³-hybridized carbons (Fsp3) is 0.882. The van der Waals surface area contributed by atoms with E-state index in [1.807, 2.05) is 0 Å². The number of hydrogen-bond acceptors (Lipinski definition) is 2. The molecule has 124 valence electrons. The van der Waals surface area contributed by atoms with Gasteiger partial charge in [-0.05, 0) is 24.7 Å². The lowest BCUT2D eigenvalue weighted by Gasteiger charge is -2.34. The molecule has 4 heteroatoms. The molecule has 0 heterocycles. The number of unbranched alkanes of at least 4 members (excludes halogenated alkanes) is 4. The van der Waals surface area contributed by atoms with Gasteiger partial charge in [0.25, 0.3) is 0 Å². The summed E-state index contributed by atoms with van der Waals surface area (Å²) in [5.74, 6) is -3.68. The number of rotatable bonds is 13. The summed E-state index contributed by atoms with van der Waals surface area (Å²) < 4.78 is 0. The highest BCUT2D eigenvalue weighted by Crippen LogP contribution is 2.41. The number of aliphatic carboxylic acids is 2. The minimum absolute atomic E-state index is 0.134. The normalized spacial score (nSPS) is 14.1. The van der Waals surface area contributed by atoms with Gasteiger partial charge in [-0.3, -0.25) is 9.59 Å². The van der Waals surface area contributed by atoms with Crippen LogP contribution in [0, 0.1) is 11.3 Å². The average Bonchev–Trinajstić information content (AvgIpc) is 2.45. The lowest BCUT2D eigenvalue weighted by atomic mass is 9.70. The van der Waals surface area contributed by atoms with Crippen LogP contribution >= 0.6 is 0 Å². The van der Waals surface area contributed by atoms with Crippen molar-refractivity contribution in [1.82, 2.24) is 0 Å². The molecule has 0 rings (SSSR count). The monoisotopic (exact) mass is 300 g/mol. The van der Waals surface area contributed by atoms with Crippen LogP contribution in [0.25, 0.3) is 0 Å². The molecular formula is C17H32O4. The molecule has 1 unspecified atom stereocenters. The molecule has 1 atom stereocenters. The highest BCUT2D eigenvalue weighted by molar-refractivity contribution is 5.92. The van der Waals surface area contributed by atoms with E-state index >= 15 is 0 Å². The highest BCUT2D eigenvalue weighted by Gasteiger charge is 2.37. The summed E-state index contributed by atoms with van der Waals surface area (Å²) in [6, 6.07) is 0. The van der Waals surface area contributed by atoms with Gasteiger partial charge in [0, 0.05) is 0 Å². The molecule has 0 radical (unpaired) electrons. The van der Waals surface area contributed by atoms with Gasteiger partial charge in [0.15, 0.2) is 5.92 Å². The molecule has 4 nitrogen and oxygen atoms in total. The molecule has 0 amide bonds. The zero-order valence-corrected chi connectivity index (χ0v) is 13.9. The maximum atomic E-state index is 11.2. The van der Waals surface area contributed by atoms with E-state index in [0.717, 1.165) is 44.9 Å². The molecule has 0 aromatic carbocycles. The summed E-state index contributed by atoms with van der Waals surface area (Å²) in [6.45, 7) is 6.34. The maximum absolute atomic E-state index is 11.2. The van der Waals surface area contributed by atoms with Gasteiger partial charge < -0.3 is 10.2 Å². The van der Waals surface area contributed by atoms with Crippen molar-refractivity contribution in [3.05, 3.63) is 0 Å². The molecule has 0 saturated heterocycles. The number of carboxylic acid groups (broad SMARTS) is 2. The Morgan fingerprint density at radius 2 is 1.38 bits per heavy atom. The number of hydrogen-bond donors (Lipinski definition) is 2. The molecule has 2 N–H and O–H groups in total. The highest BCUT2D eigenvalue weighted by atomic mass is 16.4. The predicted molar refractivity (Wildman–Crippen MR) is 84.4 cm³/mol. The molecule has 0 aromatic rings. The van der Waals surface area contributed by atoms with Gasteiger partial charge in [-0.1, -0.05) is 65.7 Å². The Hall–Kier alpha value is -1.06. The summed E-state index contributed by atoms with van der Waals surface area (Å²) in [6.07, 6.45) is 9.66. The van der Waals surface area contributed by atoms with E-state index in [1.165, 1.54) is 12.8 Å². The van der Waals surface area contributed by atoms with Crippen LogP contribution in [0.15, 0.2) is 0 Å². The third-order valence-corrected chi connectivity index (χ3v) is 4.60. The molecule has 0 spiro atoms. The quantitative estimate of drug-likeness (QED) is 0.381. The third-order valence-electron chi connectivity index (χ3n) is 4.60. The van der Waals surface area contributed by atoms with Crippen LogP contribution in [0.1, 0.15) is 85.0 Å². The first-order chi connectivity index (χ1) is 9.92. The second-order valence-electron chi connectivity index (χ2n) is 6.20. The summed E-state index contributed by atoms with van der Waals surface area (Å²) in [5.41, 5.74) is -0.134. The van der Waals surface area contributed by atoms with Crippen LogP contribution in [0.2, 0.25) is 0 Å². The van der Waals surface area contributed by atoms with Gasteiger partial charge >= 0.3 is 11.9 Å². The van der Waals surface area contributed by atoms with Crippen LogP contribution in [-0.4, -0.2) is 22.2 Å². The van der Waals surface area contributed by atoms with Gasteiger partial charge in [0.2, 0.25) is 0 Å². The first kappa shape index (κ1) is 19.9. The second kappa shape index (κ2) is 10.6. The van der Waals surface area contributed by atoms with Crippen molar-refractivity contribution in [2.24, 2.45) is 11.3 Å². The fourth-order valence-electron chi connectivity index (χ4n) is 3.02. The van der Waals surface area contributed by atoms with Crippen molar-refractivity contribution in [3.63, 3.8) is 0 Å². The van der Waals surface area contributed by atoms with Crippen LogP contribution < -0.4 is 0 Å². The van der Waals surface area contributed by atoms with Crippen molar-refractivity contribution < 1.29 is 19.8 Å². The molecule has 0 aliphatic carbocycles. The van der Waals surface area contributed by atoms with Crippen molar-refractivity contribution >= 4 is 11.9 Å². The second-order valence-corrected chi connectivity index (χ2v) is 6.20. The van der Waals surface area contributed by atoms with Crippen LogP contribution in [-0.2, 0) is 9.59 Å². The Labute approximate surface area is 128 Å². The lowest BCUT2D eigenvalue weighted by molar-refractivity contribution is -0.156. The standard InChI is InChI=1S/C17H32O4/c1-4-7-9-10-12-17(6-3,11-8-5-2)13-14(15(18)19)16(20)21/h14H,4-13H2,1-3H3,(H,18,19)(H,20,21). The number of carbonyl (C=O) groups is 2. The summed E-state index contributed by atoms with van der Waals surface area (Å²) >= 11 is 0. The first-order valence-electron chi connectivity index (χ1n) is 8.38. The fourth-order valence-corrected chi connectivity index (χ4v) is 3.02. The Balaban J connectivity index is 4.89. The zero-order valence-electron chi connectivity index (χ0n) is 13.9. The number of carboxylic acids is 2. The summed E-state index contributed by atoms with van der Waals surface area (Å²) in [4.78, 5) is 22.4. The Morgan fingerprint density at radius 1 is 0.857 bits per heavy atom. The van der Waals surface area contributed by atoms with Crippen molar-refractivity contribution in [3.8, 4) is 0 Å². The van der Waals surface area contributed by atoms with E-state index in [2.05, 4.69) is 20.8 Å². The Morgan fingerprint density at radius 3 is 1.81 bits per heavy atom. The van der Waals surface area contributed by atoms with E-state index in [1.54, 1.807) is 0 Å². The minimum Gasteiger partial charge on any atom is -0.481 e. The SMILES string of the molecule is CCCCCCC(CC)(CCCC)CC(C(=O)O)C(=O)O. The zero-order chi connectivity index (χ0) is 16.3. The van der Waals surface area contributed by atoms with E-state index in [9.17, 15) is 9.59 Å². The van der Waals surface area contributed by atoms with Gasteiger partial charge in [-0.25, -0.2) is 0 Å². The molecule has 0 aliphatic rings. The largest absolute Gasteiger partial charge is 0.481 e. The van der Waals surface area contributed by atoms with Gasteiger partial charge in [-0.2, -0.15) is 0 Å². The van der Waals surface area contributed by atoms with Crippen LogP contribution in [0.3, 0.4) is 0 Å². The van der Waals surface area contributed by atoms with E-state index < -0.39 is 17.9 Å². The van der Waals surface area contributed by atoms with Crippen molar-refractivity contribution in [2.45, 2.75) is 85.0 Å². The Kier molecular flexibility index (Phi) is 10.1. The van der Waals surface area contributed by atoms with Crippen molar-refractivity contribution in [1.29, 1.82) is 0 Å². The molecule has 0 aromatic heterocycles. The van der Waals surface area contributed by atoms with E-state index in [4.69, 9.17) is 10.2 Å². The Bertz CT molecular complexity index is 300. The molecule has 0 saturated carbocycles. The van der Waals surface area contributed by atoms with E-state index in [0.29, 0.717) is 0 Å². The van der Waals surface area contributed by atoms with Gasteiger partial charge in [0.1, 0.15) is 0 Å². The smallest absolute Gasteiger partial charge is 0.317 e. The van der Waals surface area contributed by atoms with Gasteiger partial charge in [0.05, 0.1) is 0 Å². The van der Waals surface area contributed by atoms with Crippen LogP contribution in [0.5, 0.6) is 0 Å². The summed E-state index contributed by atoms with van der Waals surface area (Å²) in [5, 5.41) is 18.3. The molecule has 0 aliphatic heterocycles. The van der Waals surface area contributed by atoms with Gasteiger partial charge in [-0.15, -0.1) is 0 Å². The molecule has 21 heavy (non-hydrogen) atoms.